The fourth-order valence-corrected chi connectivity index (χ4v) is 2.89. The lowest BCUT2D eigenvalue weighted by Crippen LogP contribution is -2.53. The Morgan fingerprint density at radius 1 is 1.19 bits per heavy atom. The molecular weight excluding hydrogens is 264 g/mol. The highest BCUT2D eigenvalue weighted by molar-refractivity contribution is 5.76. The van der Waals surface area contributed by atoms with E-state index in [0.717, 1.165) is 25.9 Å². The van der Waals surface area contributed by atoms with Gasteiger partial charge in [0.2, 0.25) is 5.91 Å². The van der Waals surface area contributed by atoms with Crippen molar-refractivity contribution in [2.75, 3.05) is 19.6 Å². The van der Waals surface area contributed by atoms with Gasteiger partial charge >= 0.3 is 0 Å². The van der Waals surface area contributed by atoms with Crippen LogP contribution in [0.4, 0.5) is 0 Å². The van der Waals surface area contributed by atoms with Gasteiger partial charge in [-0.2, -0.15) is 0 Å². The van der Waals surface area contributed by atoms with Crippen LogP contribution in [0.5, 0.6) is 0 Å². The number of hydrogen-bond acceptors (Lipinski definition) is 3. The van der Waals surface area contributed by atoms with E-state index >= 15 is 0 Å². The minimum Gasteiger partial charge on any atom is -0.393 e. The number of amides is 1. The van der Waals surface area contributed by atoms with Crippen LogP contribution >= 0.6 is 0 Å². The number of nitrogens with zero attached hydrogens (tertiary/aromatic N) is 1. The maximum absolute atomic E-state index is 12.3. The van der Waals surface area contributed by atoms with Gasteiger partial charge in [0.05, 0.1) is 6.10 Å². The topological polar surface area (TPSA) is 52.6 Å². The van der Waals surface area contributed by atoms with Crippen LogP contribution in [0.3, 0.4) is 0 Å². The molecule has 2 N–H and O–H groups in total. The van der Waals surface area contributed by atoms with Crippen molar-refractivity contribution in [3.63, 3.8) is 0 Å². The van der Waals surface area contributed by atoms with Crippen molar-refractivity contribution in [3.05, 3.63) is 0 Å². The van der Waals surface area contributed by atoms with Crippen molar-refractivity contribution in [1.29, 1.82) is 0 Å². The summed E-state index contributed by atoms with van der Waals surface area (Å²) in [4.78, 5) is 14.3. The Bertz CT molecular complexity index is 316. The number of nitrogens with one attached hydrogen (secondary N) is 1. The van der Waals surface area contributed by atoms with E-state index in [1.807, 2.05) is 11.8 Å². The highest BCUT2D eigenvalue weighted by atomic mass is 16.3. The molecule has 0 bridgehead atoms. The van der Waals surface area contributed by atoms with Crippen molar-refractivity contribution in [2.45, 2.75) is 66.0 Å². The van der Waals surface area contributed by atoms with Gasteiger partial charge in [0, 0.05) is 31.5 Å². The van der Waals surface area contributed by atoms with Crippen LogP contribution in [0.1, 0.15) is 53.9 Å². The summed E-state index contributed by atoms with van der Waals surface area (Å²) in [6.07, 6.45) is 2.36. The van der Waals surface area contributed by atoms with Crippen LogP contribution in [-0.2, 0) is 4.79 Å². The monoisotopic (exact) mass is 298 g/mol. The highest BCUT2D eigenvalue weighted by Gasteiger charge is 2.31. The second-order valence-corrected chi connectivity index (χ2v) is 7.47. The summed E-state index contributed by atoms with van der Waals surface area (Å²) in [5, 5.41) is 13.5. The lowest BCUT2D eigenvalue weighted by Gasteiger charge is -2.39. The zero-order valence-corrected chi connectivity index (χ0v) is 14.4. The molecule has 4 nitrogen and oxygen atoms in total. The number of hydrogen-bond donors (Lipinski definition) is 2. The van der Waals surface area contributed by atoms with Crippen molar-refractivity contribution in [2.24, 2.45) is 17.8 Å². The minimum absolute atomic E-state index is 0.186. The number of likely N-dealkylation sites (tertiary alicyclic amines) is 1. The third-order valence-corrected chi connectivity index (χ3v) is 4.26. The van der Waals surface area contributed by atoms with Gasteiger partial charge in [0.1, 0.15) is 0 Å². The zero-order valence-electron chi connectivity index (χ0n) is 14.4. The van der Waals surface area contributed by atoms with Crippen LogP contribution < -0.4 is 5.32 Å². The van der Waals surface area contributed by atoms with E-state index in [0.29, 0.717) is 30.8 Å². The molecular formula is C17H34N2O2. The molecule has 1 aliphatic heterocycles. The molecule has 1 saturated heterocycles. The standard InChI is InChI=1S/C17H34N2O2/c1-12(2)6-7-18-16-9-15(14(5)20)10-19(11-16)17(21)8-13(3)4/h12-16,18,20H,6-11H2,1-5H3. The summed E-state index contributed by atoms with van der Waals surface area (Å²) >= 11 is 0. The Hall–Kier alpha value is -0.610. The normalized spacial score (nSPS) is 24.7. The van der Waals surface area contributed by atoms with E-state index in [1.54, 1.807) is 0 Å². The predicted molar refractivity (Wildman–Crippen MR) is 87.1 cm³/mol. The van der Waals surface area contributed by atoms with E-state index in [1.165, 1.54) is 0 Å². The van der Waals surface area contributed by atoms with Gasteiger partial charge in [-0.15, -0.1) is 0 Å². The third-order valence-electron chi connectivity index (χ3n) is 4.26. The van der Waals surface area contributed by atoms with E-state index in [2.05, 4.69) is 33.0 Å². The molecule has 21 heavy (non-hydrogen) atoms. The molecule has 0 aromatic rings. The van der Waals surface area contributed by atoms with Crippen LogP contribution in [0.15, 0.2) is 0 Å². The Kier molecular flexibility index (Phi) is 7.67. The Balaban J connectivity index is 2.57. The molecule has 1 fully saturated rings. The molecule has 3 atom stereocenters. The zero-order chi connectivity index (χ0) is 16.0. The molecule has 124 valence electrons. The van der Waals surface area contributed by atoms with Gasteiger partial charge in [0.25, 0.3) is 0 Å². The largest absolute Gasteiger partial charge is 0.393 e. The number of aliphatic hydroxyl groups is 1. The SMILES string of the molecule is CC(C)CCNC1CC(C(C)O)CN(C(=O)CC(C)C)C1. The van der Waals surface area contributed by atoms with Gasteiger partial charge in [-0.25, -0.2) is 0 Å². The number of rotatable bonds is 7. The van der Waals surface area contributed by atoms with Crippen molar-refractivity contribution >= 4 is 5.91 Å². The van der Waals surface area contributed by atoms with Gasteiger partial charge in [-0.1, -0.05) is 27.7 Å². The molecule has 0 saturated carbocycles. The van der Waals surface area contributed by atoms with Crippen LogP contribution in [0, 0.1) is 17.8 Å². The molecule has 1 rings (SSSR count). The Labute approximate surface area is 130 Å². The van der Waals surface area contributed by atoms with Crippen molar-refractivity contribution in [3.8, 4) is 0 Å². The minimum atomic E-state index is -0.353. The van der Waals surface area contributed by atoms with Gasteiger partial charge in [-0.05, 0) is 38.1 Å². The van der Waals surface area contributed by atoms with Crippen LogP contribution in [-0.4, -0.2) is 47.7 Å². The summed E-state index contributed by atoms with van der Waals surface area (Å²) in [5.41, 5.74) is 0. The molecule has 0 aliphatic carbocycles. The summed E-state index contributed by atoms with van der Waals surface area (Å²) in [7, 11) is 0. The van der Waals surface area contributed by atoms with Gasteiger partial charge in [-0.3, -0.25) is 4.79 Å². The molecule has 3 unspecified atom stereocenters. The maximum Gasteiger partial charge on any atom is 0.222 e. The molecule has 0 aromatic heterocycles. The molecule has 0 radical (unpaired) electrons. The van der Waals surface area contributed by atoms with E-state index < -0.39 is 0 Å². The molecule has 1 amide bonds. The Morgan fingerprint density at radius 2 is 1.86 bits per heavy atom. The average molecular weight is 298 g/mol. The quantitative estimate of drug-likeness (QED) is 0.758. The fraction of sp³-hybridized carbons (Fsp3) is 0.941. The second-order valence-electron chi connectivity index (χ2n) is 7.47. The number of carbonyl (C=O) groups is 1. The summed E-state index contributed by atoms with van der Waals surface area (Å²) < 4.78 is 0. The lowest BCUT2D eigenvalue weighted by atomic mass is 9.89. The summed E-state index contributed by atoms with van der Waals surface area (Å²) in [5.74, 6) is 1.49. The first-order valence-electron chi connectivity index (χ1n) is 8.48. The summed E-state index contributed by atoms with van der Waals surface area (Å²) in [6.45, 7) is 12.9. The first kappa shape index (κ1) is 18.4. The molecule has 1 aliphatic rings. The lowest BCUT2D eigenvalue weighted by molar-refractivity contribution is -0.135. The second kappa shape index (κ2) is 8.74. The molecule has 1 heterocycles. The molecule has 4 heteroatoms. The summed E-state index contributed by atoms with van der Waals surface area (Å²) in [6, 6.07) is 0.313. The fourth-order valence-electron chi connectivity index (χ4n) is 2.89. The van der Waals surface area contributed by atoms with Crippen LogP contribution in [0.25, 0.3) is 0 Å². The number of aliphatic hydroxyl groups excluding tert-OH is 1. The third kappa shape index (κ3) is 6.79. The maximum atomic E-state index is 12.3. The van der Waals surface area contributed by atoms with Crippen molar-refractivity contribution < 1.29 is 9.90 Å². The predicted octanol–water partition coefficient (Wildman–Crippen LogP) is 2.27. The first-order chi connectivity index (χ1) is 9.79. The molecule has 0 spiro atoms. The number of carbonyl (C=O) groups excluding carboxylic acids is 1. The van der Waals surface area contributed by atoms with Crippen LogP contribution in [0.2, 0.25) is 0 Å². The Morgan fingerprint density at radius 3 is 2.38 bits per heavy atom. The van der Waals surface area contributed by atoms with E-state index in [-0.39, 0.29) is 17.9 Å². The molecule has 0 aromatic carbocycles. The smallest absolute Gasteiger partial charge is 0.222 e. The van der Waals surface area contributed by atoms with Gasteiger partial charge in [0.15, 0.2) is 0 Å². The van der Waals surface area contributed by atoms with Gasteiger partial charge < -0.3 is 15.3 Å². The highest BCUT2D eigenvalue weighted by Crippen LogP contribution is 2.22. The van der Waals surface area contributed by atoms with E-state index in [9.17, 15) is 9.90 Å². The van der Waals surface area contributed by atoms with E-state index in [4.69, 9.17) is 0 Å². The number of piperidine rings is 1. The van der Waals surface area contributed by atoms with Crippen molar-refractivity contribution in [1.82, 2.24) is 10.2 Å². The average Bonchev–Trinajstić information content (AvgIpc) is 2.37. The first-order valence-corrected chi connectivity index (χ1v) is 8.48.